The minimum Gasteiger partial charge on any atom is -0.481 e. The Morgan fingerprint density at radius 2 is 2.00 bits per heavy atom. The number of nitrogens with one attached hydrogen (secondary N) is 1. The molecule has 0 radical (unpaired) electrons. The van der Waals surface area contributed by atoms with E-state index in [0.717, 1.165) is 5.56 Å². The van der Waals surface area contributed by atoms with Gasteiger partial charge in [-0.1, -0.05) is 19.1 Å². The molecular weight excluding hydrogens is 366 g/mol. The Labute approximate surface area is 159 Å². The maximum Gasteiger partial charge on any atom is 0.306 e. The summed E-state index contributed by atoms with van der Waals surface area (Å²) in [4.78, 5) is 40.2. The minimum atomic E-state index is -0.835. The summed E-state index contributed by atoms with van der Waals surface area (Å²) in [5.74, 6) is -1.50. The van der Waals surface area contributed by atoms with Gasteiger partial charge >= 0.3 is 5.97 Å². The highest BCUT2D eigenvalue weighted by Gasteiger charge is 2.12. The van der Waals surface area contributed by atoms with Crippen LogP contribution in [0.2, 0.25) is 0 Å². The third kappa shape index (κ3) is 4.59. The van der Waals surface area contributed by atoms with E-state index in [1.807, 2.05) is 5.38 Å². The molecule has 3 aromatic rings. The van der Waals surface area contributed by atoms with Crippen molar-refractivity contribution in [3.05, 3.63) is 58.0 Å². The first kappa shape index (κ1) is 18.8. The molecule has 140 valence electrons. The number of fused-ring (bicyclic) bond motifs is 1. The van der Waals surface area contributed by atoms with E-state index in [9.17, 15) is 14.4 Å². The van der Waals surface area contributed by atoms with Crippen molar-refractivity contribution in [2.75, 3.05) is 5.32 Å². The molecule has 7 nitrogen and oxygen atoms in total. The highest BCUT2D eigenvalue weighted by atomic mass is 32.1. The molecule has 0 aliphatic heterocycles. The van der Waals surface area contributed by atoms with Gasteiger partial charge in [-0.2, -0.15) is 0 Å². The molecule has 8 heteroatoms. The van der Waals surface area contributed by atoms with Crippen LogP contribution in [0.25, 0.3) is 10.2 Å². The van der Waals surface area contributed by atoms with Gasteiger partial charge in [0.1, 0.15) is 4.83 Å². The Morgan fingerprint density at radius 1 is 1.26 bits per heavy atom. The monoisotopic (exact) mass is 385 g/mol. The number of nitrogens with zero attached hydrogens (tertiary/aromatic N) is 2. The standard InChI is InChI=1S/C19H19N3O4S/c1-12(19(25)26)10-13-2-4-14(5-3-13)21-16(23)6-8-22-11-20-17-15(18(22)24)7-9-27-17/h2-5,7,9,11-12H,6,8,10H2,1H3,(H,21,23)(H,25,26). The highest BCUT2D eigenvalue weighted by molar-refractivity contribution is 7.16. The van der Waals surface area contributed by atoms with Crippen molar-refractivity contribution in [1.82, 2.24) is 9.55 Å². The number of benzene rings is 1. The molecule has 2 heterocycles. The summed E-state index contributed by atoms with van der Waals surface area (Å²) >= 11 is 1.41. The van der Waals surface area contributed by atoms with Crippen LogP contribution in [-0.4, -0.2) is 26.5 Å². The van der Waals surface area contributed by atoms with Crippen molar-refractivity contribution in [3.8, 4) is 0 Å². The van der Waals surface area contributed by atoms with Crippen LogP contribution in [0.4, 0.5) is 5.69 Å². The van der Waals surface area contributed by atoms with Crippen molar-refractivity contribution >= 4 is 39.1 Å². The fourth-order valence-electron chi connectivity index (χ4n) is 2.66. The van der Waals surface area contributed by atoms with E-state index in [-0.39, 0.29) is 24.4 Å². The number of aromatic nitrogens is 2. The van der Waals surface area contributed by atoms with Gasteiger partial charge in [0.15, 0.2) is 0 Å². The lowest BCUT2D eigenvalue weighted by atomic mass is 10.0. The number of aliphatic carboxylic acids is 1. The first-order valence-corrected chi connectivity index (χ1v) is 9.36. The van der Waals surface area contributed by atoms with E-state index in [1.54, 1.807) is 37.3 Å². The molecule has 27 heavy (non-hydrogen) atoms. The number of anilines is 1. The number of thiophene rings is 1. The number of hydrogen-bond acceptors (Lipinski definition) is 5. The minimum absolute atomic E-state index is 0.147. The molecule has 1 unspecified atom stereocenters. The van der Waals surface area contributed by atoms with E-state index in [2.05, 4.69) is 10.3 Å². The Hall–Kier alpha value is -3.00. The zero-order chi connectivity index (χ0) is 19.4. The van der Waals surface area contributed by atoms with Crippen molar-refractivity contribution in [3.63, 3.8) is 0 Å². The first-order valence-electron chi connectivity index (χ1n) is 8.48. The molecule has 0 saturated heterocycles. The molecule has 0 aliphatic rings. The smallest absolute Gasteiger partial charge is 0.306 e. The third-order valence-corrected chi connectivity index (χ3v) is 5.05. The Balaban J connectivity index is 1.56. The summed E-state index contributed by atoms with van der Waals surface area (Å²) in [5, 5.41) is 14.1. The summed E-state index contributed by atoms with van der Waals surface area (Å²) < 4.78 is 1.44. The Morgan fingerprint density at radius 3 is 2.70 bits per heavy atom. The third-order valence-electron chi connectivity index (χ3n) is 4.23. The number of aryl methyl sites for hydroxylation is 1. The normalized spacial score (nSPS) is 12.0. The Kier molecular flexibility index (Phi) is 5.66. The molecule has 0 saturated carbocycles. The van der Waals surface area contributed by atoms with Crippen molar-refractivity contribution in [2.45, 2.75) is 26.3 Å². The van der Waals surface area contributed by atoms with Crippen LogP contribution >= 0.6 is 11.3 Å². The predicted molar refractivity (Wildman–Crippen MR) is 104 cm³/mol. The molecule has 1 aromatic carbocycles. The molecule has 3 rings (SSSR count). The molecule has 0 aliphatic carbocycles. The second-order valence-electron chi connectivity index (χ2n) is 6.32. The van der Waals surface area contributed by atoms with Crippen LogP contribution in [0.5, 0.6) is 0 Å². The average molecular weight is 385 g/mol. The maximum absolute atomic E-state index is 12.3. The first-order chi connectivity index (χ1) is 12.9. The lowest BCUT2D eigenvalue weighted by Crippen LogP contribution is -2.23. The van der Waals surface area contributed by atoms with Crippen LogP contribution < -0.4 is 10.9 Å². The molecule has 0 spiro atoms. The summed E-state index contributed by atoms with van der Waals surface area (Å²) in [7, 11) is 0. The van der Waals surface area contributed by atoms with Gasteiger partial charge in [-0.05, 0) is 35.6 Å². The lowest BCUT2D eigenvalue weighted by Gasteiger charge is -2.09. The summed E-state index contributed by atoms with van der Waals surface area (Å²) in [6, 6.07) is 8.82. The molecule has 1 amide bonds. The van der Waals surface area contributed by atoms with Crippen LogP contribution in [0, 0.1) is 5.92 Å². The fraction of sp³-hybridized carbons (Fsp3) is 0.263. The zero-order valence-electron chi connectivity index (χ0n) is 14.7. The number of hydrogen-bond donors (Lipinski definition) is 2. The second kappa shape index (κ2) is 8.13. The number of rotatable bonds is 7. The van der Waals surface area contributed by atoms with Crippen molar-refractivity contribution in [2.24, 2.45) is 5.92 Å². The topological polar surface area (TPSA) is 101 Å². The van der Waals surface area contributed by atoms with Crippen LogP contribution in [0.1, 0.15) is 18.9 Å². The molecular formula is C19H19N3O4S. The number of carbonyl (C=O) groups excluding carboxylic acids is 1. The highest BCUT2D eigenvalue weighted by Crippen LogP contribution is 2.15. The largest absolute Gasteiger partial charge is 0.481 e. The SMILES string of the molecule is CC(Cc1ccc(NC(=O)CCn2cnc3sccc3c2=O)cc1)C(=O)O. The quantitative estimate of drug-likeness (QED) is 0.651. The van der Waals surface area contributed by atoms with Crippen LogP contribution in [0.3, 0.4) is 0 Å². The second-order valence-corrected chi connectivity index (χ2v) is 7.22. The summed E-state index contributed by atoms with van der Waals surface area (Å²) in [6.45, 7) is 1.90. The molecule has 2 aromatic heterocycles. The van der Waals surface area contributed by atoms with Gasteiger partial charge in [0.05, 0.1) is 17.6 Å². The summed E-state index contributed by atoms with van der Waals surface area (Å²) in [5.41, 5.74) is 1.38. The number of carboxylic acid groups (broad SMARTS) is 1. The molecule has 0 bridgehead atoms. The molecule has 2 N–H and O–H groups in total. The maximum atomic E-state index is 12.3. The van der Waals surface area contributed by atoms with E-state index in [1.165, 1.54) is 22.2 Å². The van der Waals surface area contributed by atoms with Gasteiger partial charge in [-0.15, -0.1) is 11.3 Å². The van der Waals surface area contributed by atoms with Crippen LogP contribution in [-0.2, 0) is 22.6 Å². The summed E-state index contributed by atoms with van der Waals surface area (Å²) in [6.07, 6.45) is 2.05. The van der Waals surface area contributed by atoms with E-state index < -0.39 is 11.9 Å². The van der Waals surface area contributed by atoms with E-state index >= 15 is 0 Å². The van der Waals surface area contributed by atoms with E-state index in [0.29, 0.717) is 22.3 Å². The number of carboxylic acids is 1. The fourth-order valence-corrected chi connectivity index (χ4v) is 3.39. The van der Waals surface area contributed by atoms with Gasteiger partial charge < -0.3 is 10.4 Å². The van der Waals surface area contributed by atoms with Crippen molar-refractivity contribution < 1.29 is 14.7 Å². The number of carbonyl (C=O) groups is 2. The van der Waals surface area contributed by atoms with E-state index in [4.69, 9.17) is 5.11 Å². The number of amides is 1. The van der Waals surface area contributed by atoms with Gasteiger partial charge in [-0.3, -0.25) is 19.0 Å². The Bertz CT molecular complexity index is 1020. The average Bonchev–Trinajstić information content (AvgIpc) is 3.12. The van der Waals surface area contributed by atoms with Gasteiger partial charge in [0.25, 0.3) is 5.56 Å². The van der Waals surface area contributed by atoms with Gasteiger partial charge in [0, 0.05) is 18.7 Å². The molecule has 1 atom stereocenters. The predicted octanol–water partition coefficient (Wildman–Crippen LogP) is 2.75. The van der Waals surface area contributed by atoms with Crippen molar-refractivity contribution in [1.29, 1.82) is 0 Å². The zero-order valence-corrected chi connectivity index (χ0v) is 15.5. The van der Waals surface area contributed by atoms with Gasteiger partial charge in [-0.25, -0.2) is 4.98 Å². The lowest BCUT2D eigenvalue weighted by molar-refractivity contribution is -0.141. The molecule has 0 fully saturated rings. The van der Waals surface area contributed by atoms with Gasteiger partial charge in [0.2, 0.25) is 5.91 Å². The van der Waals surface area contributed by atoms with Crippen LogP contribution in [0.15, 0.2) is 46.8 Å².